The van der Waals surface area contributed by atoms with Gasteiger partial charge in [-0.15, -0.1) is 0 Å². The van der Waals surface area contributed by atoms with Gasteiger partial charge in [-0.05, 0) is 136 Å². The molecule has 0 saturated heterocycles. The van der Waals surface area contributed by atoms with Crippen LogP contribution < -0.4 is 0 Å². The van der Waals surface area contributed by atoms with Gasteiger partial charge < -0.3 is 18.0 Å². The molecule has 15 aromatic rings. The number of nitrogens with zero attached hydrogens (tertiary/aromatic N) is 2. The lowest BCUT2D eigenvalue weighted by Crippen LogP contribution is -1.94. The van der Waals surface area contributed by atoms with Gasteiger partial charge in [-0.25, -0.2) is 0 Å². The Morgan fingerprint density at radius 1 is 0.229 bits per heavy atom. The molecule has 15 rings (SSSR count). The molecular weight excluding hydrogens is 853 g/mol. The van der Waals surface area contributed by atoms with Crippen LogP contribution in [0.5, 0.6) is 0 Å². The summed E-state index contributed by atoms with van der Waals surface area (Å²) in [5.74, 6) is 0. The van der Waals surface area contributed by atoms with Crippen molar-refractivity contribution in [3.8, 4) is 55.9 Å². The molecule has 0 amide bonds. The summed E-state index contributed by atoms with van der Waals surface area (Å²) in [6.45, 7) is 0. The summed E-state index contributed by atoms with van der Waals surface area (Å²) in [7, 11) is 0. The van der Waals surface area contributed by atoms with Gasteiger partial charge in [-0.1, -0.05) is 152 Å². The van der Waals surface area contributed by atoms with Gasteiger partial charge in [0.2, 0.25) is 0 Å². The number of hydrogen-bond donors (Lipinski definition) is 0. The highest BCUT2D eigenvalue weighted by Gasteiger charge is 2.20. The molecule has 0 aliphatic rings. The second-order valence-electron chi connectivity index (χ2n) is 18.4. The maximum Gasteiger partial charge on any atom is 0.159 e. The number of aromatic nitrogens is 2. The molecule has 4 heterocycles. The summed E-state index contributed by atoms with van der Waals surface area (Å²) in [6, 6.07) is 87.4. The summed E-state index contributed by atoms with van der Waals surface area (Å²) < 4.78 is 18.1. The number of benzene rings is 11. The molecule has 326 valence electrons. The first kappa shape index (κ1) is 38.7. The Labute approximate surface area is 402 Å². The monoisotopic (exact) mass is 892 g/mol. The number of rotatable bonds is 6. The maximum absolute atomic E-state index is 6.81. The molecule has 11 aromatic carbocycles. The highest BCUT2D eigenvalue weighted by Crippen LogP contribution is 2.42. The molecule has 4 heteroatoms. The second kappa shape index (κ2) is 15.1. The Morgan fingerprint density at radius 3 is 1.29 bits per heavy atom. The zero-order valence-corrected chi connectivity index (χ0v) is 37.8. The van der Waals surface area contributed by atoms with Crippen LogP contribution in [0.4, 0.5) is 0 Å². The summed E-state index contributed by atoms with van der Waals surface area (Å²) in [4.78, 5) is 0. The van der Waals surface area contributed by atoms with Crippen LogP contribution in [0.3, 0.4) is 0 Å². The molecule has 0 fully saturated rings. The molecule has 0 bridgehead atoms. The average Bonchev–Trinajstić information content (AvgIpc) is 4.18. The first-order valence-electron chi connectivity index (χ1n) is 23.9. The van der Waals surface area contributed by atoms with E-state index >= 15 is 0 Å². The van der Waals surface area contributed by atoms with Crippen molar-refractivity contribution in [1.29, 1.82) is 0 Å². The van der Waals surface area contributed by atoms with Crippen molar-refractivity contribution < 1.29 is 8.83 Å². The third-order valence-electron chi connectivity index (χ3n) is 14.5. The van der Waals surface area contributed by atoms with Gasteiger partial charge in [0, 0.05) is 48.8 Å². The number of fused-ring (bicyclic) bond motifs is 12. The van der Waals surface area contributed by atoms with E-state index in [0.29, 0.717) is 0 Å². The highest BCUT2D eigenvalue weighted by atomic mass is 16.3. The predicted octanol–water partition coefficient (Wildman–Crippen LogP) is 18.3. The van der Waals surface area contributed by atoms with Gasteiger partial charge in [0.15, 0.2) is 5.58 Å². The minimum absolute atomic E-state index is 0.865. The van der Waals surface area contributed by atoms with Gasteiger partial charge in [-0.3, -0.25) is 0 Å². The van der Waals surface area contributed by atoms with E-state index in [4.69, 9.17) is 8.83 Å². The number of hydrogen-bond acceptors (Lipinski definition) is 2. The fourth-order valence-corrected chi connectivity index (χ4v) is 11.2. The third-order valence-corrected chi connectivity index (χ3v) is 14.5. The zero-order valence-electron chi connectivity index (χ0n) is 37.8. The summed E-state index contributed by atoms with van der Waals surface area (Å²) >= 11 is 0. The van der Waals surface area contributed by atoms with Crippen molar-refractivity contribution in [1.82, 2.24) is 9.13 Å². The average molecular weight is 893 g/mol. The predicted molar refractivity (Wildman–Crippen MR) is 291 cm³/mol. The van der Waals surface area contributed by atoms with Crippen molar-refractivity contribution >= 4 is 87.5 Å². The minimum atomic E-state index is 0.865. The van der Waals surface area contributed by atoms with Crippen LogP contribution in [-0.2, 0) is 0 Å². The lowest BCUT2D eigenvalue weighted by Gasteiger charge is -2.09. The van der Waals surface area contributed by atoms with E-state index in [1.165, 1.54) is 54.8 Å². The molecule has 0 aliphatic carbocycles. The summed E-state index contributed by atoms with van der Waals surface area (Å²) in [5, 5.41) is 9.26. The Morgan fingerprint density at radius 2 is 0.643 bits per heavy atom. The number of para-hydroxylation sites is 3. The van der Waals surface area contributed by atoms with Crippen molar-refractivity contribution in [3.63, 3.8) is 0 Å². The normalized spacial score (nSPS) is 12.0. The van der Waals surface area contributed by atoms with Crippen molar-refractivity contribution in [2.75, 3.05) is 0 Å². The summed E-state index contributed by atoms with van der Waals surface area (Å²) in [5.41, 5.74) is 19.6. The fraction of sp³-hybridized carbons (Fsp3) is 0. The Balaban J connectivity index is 0.807. The largest absolute Gasteiger partial charge is 0.456 e. The standard InChI is InChI=1S/C66H40N2O2/c1-3-13-41(14-4-1)45-25-30-60-53(36-45)50-19-7-9-22-58(50)67(60)49-29-34-64-57(40-49)56-39-48(27-32-63(56)69-64)44-18-11-17-43(35-44)47-28-33-65-55(38-47)52-21-12-24-62(66(52)70-65)68-59-23-10-8-20-51(59)54-37-46(26-31-61(54)68)42-15-5-2-6-16-42/h1-40H. The smallest absolute Gasteiger partial charge is 0.159 e. The second-order valence-corrected chi connectivity index (χ2v) is 18.4. The molecule has 0 unspecified atom stereocenters. The van der Waals surface area contributed by atoms with E-state index in [-0.39, 0.29) is 0 Å². The van der Waals surface area contributed by atoms with Crippen molar-refractivity contribution in [2.24, 2.45) is 0 Å². The van der Waals surface area contributed by atoms with E-state index in [1.807, 2.05) is 0 Å². The quantitative estimate of drug-likeness (QED) is 0.167. The van der Waals surface area contributed by atoms with Crippen molar-refractivity contribution in [2.45, 2.75) is 0 Å². The Bertz CT molecular complexity index is 4550. The van der Waals surface area contributed by atoms with Crippen LogP contribution in [0.1, 0.15) is 0 Å². The molecule has 0 atom stereocenters. The Hall–Kier alpha value is -9.38. The van der Waals surface area contributed by atoms with E-state index in [2.05, 4.69) is 252 Å². The Kier molecular flexibility index (Phi) is 8.33. The topological polar surface area (TPSA) is 36.1 Å². The van der Waals surface area contributed by atoms with Crippen LogP contribution >= 0.6 is 0 Å². The molecular formula is C66H40N2O2. The van der Waals surface area contributed by atoms with Crippen LogP contribution in [0.25, 0.3) is 143 Å². The van der Waals surface area contributed by atoms with Gasteiger partial charge in [-0.2, -0.15) is 0 Å². The first-order valence-corrected chi connectivity index (χ1v) is 23.9. The number of furan rings is 2. The lowest BCUT2D eigenvalue weighted by molar-refractivity contribution is 0.666. The van der Waals surface area contributed by atoms with Gasteiger partial charge >= 0.3 is 0 Å². The first-order chi connectivity index (χ1) is 34.7. The molecule has 70 heavy (non-hydrogen) atoms. The minimum Gasteiger partial charge on any atom is -0.456 e. The van der Waals surface area contributed by atoms with E-state index in [0.717, 1.165) is 88.5 Å². The highest BCUT2D eigenvalue weighted by molar-refractivity contribution is 6.15. The van der Waals surface area contributed by atoms with E-state index < -0.39 is 0 Å². The summed E-state index contributed by atoms with van der Waals surface area (Å²) in [6.07, 6.45) is 0. The maximum atomic E-state index is 6.81. The SMILES string of the molecule is c1ccc(-c2ccc3c(c2)c2ccccc2n3-c2ccc3oc4ccc(-c5cccc(-c6ccc7oc8c(-n9c%10ccccc%10c%10cc(-c%11ccccc%11)ccc%109)cccc8c7c6)c5)cc4c3c2)cc1. The molecule has 4 aromatic heterocycles. The third kappa shape index (κ3) is 5.90. The fourth-order valence-electron chi connectivity index (χ4n) is 11.2. The van der Waals surface area contributed by atoms with Crippen LogP contribution in [0.15, 0.2) is 251 Å². The molecule has 0 radical (unpaired) electrons. The molecule has 4 nitrogen and oxygen atoms in total. The molecule has 0 aliphatic heterocycles. The zero-order chi connectivity index (χ0) is 45.9. The lowest BCUT2D eigenvalue weighted by atomic mass is 9.97. The van der Waals surface area contributed by atoms with E-state index in [1.54, 1.807) is 0 Å². The van der Waals surface area contributed by atoms with Gasteiger partial charge in [0.25, 0.3) is 0 Å². The van der Waals surface area contributed by atoms with Crippen LogP contribution in [0, 0.1) is 0 Å². The van der Waals surface area contributed by atoms with Gasteiger partial charge in [0.05, 0.1) is 27.8 Å². The van der Waals surface area contributed by atoms with Crippen LogP contribution in [-0.4, -0.2) is 9.13 Å². The van der Waals surface area contributed by atoms with Crippen LogP contribution in [0.2, 0.25) is 0 Å². The van der Waals surface area contributed by atoms with Crippen molar-refractivity contribution in [3.05, 3.63) is 243 Å². The molecule has 0 spiro atoms. The molecule has 0 saturated carbocycles. The van der Waals surface area contributed by atoms with E-state index in [9.17, 15) is 0 Å². The molecule has 0 N–H and O–H groups in total. The van der Waals surface area contributed by atoms with Gasteiger partial charge in [0.1, 0.15) is 16.7 Å².